The van der Waals surface area contributed by atoms with E-state index in [2.05, 4.69) is 81.5 Å². The van der Waals surface area contributed by atoms with Crippen LogP contribution in [-0.2, 0) is 42.2 Å². The summed E-state index contributed by atoms with van der Waals surface area (Å²) in [6, 6.07) is 0. The molecule has 0 heterocycles. The van der Waals surface area contributed by atoms with Crippen molar-refractivity contribution in [2.75, 3.05) is 26.4 Å². The number of phosphoric ester groups is 1. The third-order valence-electron chi connectivity index (χ3n) is 13.9. The molecular formula is C66H119O11P. The lowest BCUT2D eigenvalue weighted by molar-refractivity contribution is -0.161. The van der Waals surface area contributed by atoms with Gasteiger partial charge in [-0.25, -0.2) is 4.57 Å². The number of aliphatic hydroxyl groups excluding tert-OH is 1. The number of phosphoric acid groups is 1. The molecule has 0 bridgehead atoms. The highest BCUT2D eigenvalue weighted by Crippen LogP contribution is 2.43. The van der Waals surface area contributed by atoms with Gasteiger partial charge in [0, 0.05) is 19.3 Å². The van der Waals surface area contributed by atoms with Gasteiger partial charge in [-0.3, -0.25) is 23.4 Å². The summed E-state index contributed by atoms with van der Waals surface area (Å²) >= 11 is 0. The zero-order valence-corrected chi connectivity index (χ0v) is 51.3. The van der Waals surface area contributed by atoms with Crippen LogP contribution in [0.4, 0.5) is 0 Å². The topological polar surface area (TPSA) is 155 Å². The Morgan fingerprint density at radius 2 is 0.628 bits per heavy atom. The zero-order valence-electron chi connectivity index (χ0n) is 50.4. The van der Waals surface area contributed by atoms with Crippen LogP contribution in [-0.4, -0.2) is 66.5 Å². The maximum Gasteiger partial charge on any atom is 0.472 e. The molecule has 3 atom stereocenters. The van der Waals surface area contributed by atoms with Gasteiger partial charge in [0.25, 0.3) is 0 Å². The Morgan fingerprint density at radius 3 is 0.987 bits per heavy atom. The van der Waals surface area contributed by atoms with Crippen LogP contribution in [0.1, 0.15) is 303 Å². The molecule has 0 aromatic carbocycles. The smallest absolute Gasteiger partial charge is 0.462 e. The van der Waals surface area contributed by atoms with Crippen molar-refractivity contribution in [1.82, 2.24) is 0 Å². The Bertz CT molecular complexity index is 1540. The number of hydrogen-bond acceptors (Lipinski definition) is 10. The molecule has 0 fully saturated rings. The van der Waals surface area contributed by atoms with Crippen molar-refractivity contribution in [3.05, 3.63) is 60.8 Å². The van der Waals surface area contributed by atoms with Crippen molar-refractivity contribution < 1.29 is 52.2 Å². The fraction of sp³-hybridized carbons (Fsp3) is 0.803. The predicted octanol–water partition coefficient (Wildman–Crippen LogP) is 19.5. The quantitative estimate of drug-likeness (QED) is 0.0197. The summed E-state index contributed by atoms with van der Waals surface area (Å²) in [5.74, 6) is -1.47. The van der Waals surface area contributed by atoms with Gasteiger partial charge >= 0.3 is 25.7 Å². The van der Waals surface area contributed by atoms with Crippen LogP contribution in [0.3, 0.4) is 0 Å². The Hall–Kier alpha value is -2.82. The summed E-state index contributed by atoms with van der Waals surface area (Å²) in [5.41, 5.74) is 0. The normalized spacial score (nSPS) is 13.7. The number of hydrogen-bond donors (Lipinski definition) is 2. The molecule has 78 heavy (non-hydrogen) atoms. The number of allylic oxidation sites excluding steroid dienone is 10. The van der Waals surface area contributed by atoms with Crippen LogP contribution in [0, 0.1) is 0 Å². The summed E-state index contributed by atoms with van der Waals surface area (Å²) in [4.78, 5) is 48.7. The van der Waals surface area contributed by atoms with E-state index in [1.165, 1.54) is 141 Å². The number of carbonyl (C=O) groups excluding carboxylic acids is 3. The molecule has 12 heteroatoms. The molecule has 454 valence electrons. The van der Waals surface area contributed by atoms with E-state index in [1.54, 1.807) is 0 Å². The molecule has 0 rings (SSSR count). The molecule has 11 nitrogen and oxygen atoms in total. The average molecular weight is 1120 g/mol. The molecule has 0 saturated heterocycles. The number of carbonyl (C=O) groups is 3. The van der Waals surface area contributed by atoms with Crippen LogP contribution >= 0.6 is 7.82 Å². The second-order valence-corrected chi connectivity index (χ2v) is 23.0. The molecule has 0 amide bonds. The Kier molecular flexibility index (Phi) is 58.1. The first-order valence-electron chi connectivity index (χ1n) is 32.2. The van der Waals surface area contributed by atoms with E-state index in [-0.39, 0.29) is 25.9 Å². The van der Waals surface area contributed by atoms with E-state index in [4.69, 9.17) is 23.3 Å². The lowest BCUT2D eigenvalue weighted by atomic mass is 10.1. The lowest BCUT2D eigenvalue weighted by Crippen LogP contribution is -2.30. The number of esters is 3. The number of rotatable bonds is 60. The monoisotopic (exact) mass is 1120 g/mol. The van der Waals surface area contributed by atoms with Gasteiger partial charge in [0.15, 0.2) is 6.10 Å². The summed E-state index contributed by atoms with van der Waals surface area (Å²) in [6.45, 7) is 4.61. The van der Waals surface area contributed by atoms with Crippen LogP contribution in [0.15, 0.2) is 60.8 Å². The highest BCUT2D eigenvalue weighted by atomic mass is 31.2. The van der Waals surface area contributed by atoms with E-state index in [1.807, 2.05) is 0 Å². The average Bonchev–Trinajstić information content (AvgIpc) is 3.43. The van der Waals surface area contributed by atoms with Gasteiger partial charge in [0.1, 0.15) is 12.7 Å². The zero-order chi connectivity index (χ0) is 56.9. The minimum atomic E-state index is -4.76. The first-order valence-corrected chi connectivity index (χ1v) is 33.7. The standard InChI is InChI=1S/C66H119O11P/c1-4-7-10-13-16-19-22-25-27-29-31-33-35-38-40-43-46-49-52-55-64(68)73-59-63(77-66(70)57-54-51-48-45-42-39-36-34-32-30-28-26-23-20-17-14-11-8-5-2)61-75-78(71,72)74-60-62(58-67)76-65(69)56-53-50-47-44-41-37-24-21-18-15-12-9-6-3/h16-17,19-21,24-28,62-63,67H,4-15,18,22-23,29-61H2,1-3H3,(H,71,72)/b19-16-,20-17-,24-21-,27-25-,28-26-. The van der Waals surface area contributed by atoms with Gasteiger partial charge in [0.2, 0.25) is 0 Å². The number of ether oxygens (including phenoxy) is 3. The number of unbranched alkanes of at least 4 members (excludes halogenated alkanes) is 33. The predicted molar refractivity (Wildman–Crippen MR) is 325 cm³/mol. The number of aliphatic hydroxyl groups is 1. The van der Waals surface area contributed by atoms with Crippen LogP contribution < -0.4 is 0 Å². The maximum absolute atomic E-state index is 13.0. The largest absolute Gasteiger partial charge is 0.472 e. The fourth-order valence-electron chi connectivity index (χ4n) is 8.94. The molecule has 0 aromatic rings. The molecular weight excluding hydrogens is 1000 g/mol. The van der Waals surface area contributed by atoms with Gasteiger partial charge < -0.3 is 24.2 Å². The van der Waals surface area contributed by atoms with E-state index in [0.29, 0.717) is 19.3 Å². The SMILES string of the molecule is CCCCC/C=C\C/C=C\CCCCCCCCCCCC(=O)OCC(COP(=O)(O)OCC(CO)OC(=O)CCCCCCC/C=C\CCCCCC)OC(=O)CCCCCCCCCCC/C=C\C/C=C\CCCCC. The highest BCUT2D eigenvalue weighted by Gasteiger charge is 2.28. The third-order valence-corrected chi connectivity index (χ3v) is 14.8. The molecule has 0 aromatic heterocycles. The Labute approximate surface area is 478 Å². The van der Waals surface area contributed by atoms with Gasteiger partial charge in [-0.15, -0.1) is 0 Å². The van der Waals surface area contributed by atoms with Gasteiger partial charge in [-0.1, -0.05) is 236 Å². The van der Waals surface area contributed by atoms with Gasteiger partial charge in [-0.05, 0) is 109 Å². The highest BCUT2D eigenvalue weighted by molar-refractivity contribution is 7.47. The first-order chi connectivity index (χ1) is 38.2. The molecule has 2 N–H and O–H groups in total. The van der Waals surface area contributed by atoms with Crippen LogP contribution in [0.5, 0.6) is 0 Å². The summed E-state index contributed by atoms with van der Waals surface area (Å²) in [5, 5.41) is 9.83. The first kappa shape index (κ1) is 75.2. The summed E-state index contributed by atoms with van der Waals surface area (Å²) < 4.78 is 39.7. The summed E-state index contributed by atoms with van der Waals surface area (Å²) in [7, 11) is -4.76. The van der Waals surface area contributed by atoms with Crippen molar-refractivity contribution in [3.8, 4) is 0 Å². The van der Waals surface area contributed by atoms with E-state index >= 15 is 0 Å². The second kappa shape index (κ2) is 60.3. The van der Waals surface area contributed by atoms with Crippen LogP contribution in [0.2, 0.25) is 0 Å². The summed E-state index contributed by atoms with van der Waals surface area (Å²) in [6.07, 6.45) is 67.4. The Morgan fingerprint density at radius 1 is 0.359 bits per heavy atom. The van der Waals surface area contributed by atoms with Crippen molar-refractivity contribution in [3.63, 3.8) is 0 Å². The van der Waals surface area contributed by atoms with Gasteiger partial charge in [-0.2, -0.15) is 0 Å². The van der Waals surface area contributed by atoms with Crippen molar-refractivity contribution >= 4 is 25.7 Å². The lowest BCUT2D eigenvalue weighted by Gasteiger charge is -2.21. The molecule has 0 aliphatic carbocycles. The third kappa shape index (κ3) is 57.9. The second-order valence-electron chi connectivity index (χ2n) is 21.6. The van der Waals surface area contributed by atoms with Crippen molar-refractivity contribution in [2.45, 2.75) is 315 Å². The van der Waals surface area contributed by atoms with Crippen molar-refractivity contribution in [1.29, 1.82) is 0 Å². The molecule has 0 aliphatic heterocycles. The minimum Gasteiger partial charge on any atom is -0.462 e. The van der Waals surface area contributed by atoms with E-state index in [0.717, 1.165) is 103 Å². The minimum absolute atomic E-state index is 0.162. The maximum atomic E-state index is 13.0. The van der Waals surface area contributed by atoms with E-state index in [9.17, 15) is 28.9 Å². The van der Waals surface area contributed by atoms with Crippen LogP contribution in [0.25, 0.3) is 0 Å². The molecule has 0 spiro atoms. The molecule has 0 saturated carbocycles. The Balaban J connectivity index is 4.71. The van der Waals surface area contributed by atoms with E-state index < -0.39 is 57.8 Å². The van der Waals surface area contributed by atoms with Crippen molar-refractivity contribution in [2.24, 2.45) is 0 Å². The molecule has 0 radical (unpaired) electrons. The van der Waals surface area contributed by atoms with Gasteiger partial charge in [0.05, 0.1) is 19.8 Å². The molecule has 3 unspecified atom stereocenters. The molecule has 0 aliphatic rings. The fourth-order valence-corrected chi connectivity index (χ4v) is 9.73.